The largest absolute Gasteiger partial charge is 0.354 e. The monoisotopic (exact) mass is 412 g/mol. The van der Waals surface area contributed by atoms with Crippen molar-refractivity contribution >= 4 is 88.1 Å². The van der Waals surface area contributed by atoms with Crippen molar-refractivity contribution in [1.82, 2.24) is 9.97 Å². The van der Waals surface area contributed by atoms with Gasteiger partial charge in [-0.2, -0.15) is 0 Å². The van der Waals surface area contributed by atoms with Gasteiger partial charge in [0.1, 0.15) is 0 Å². The lowest BCUT2D eigenvalue weighted by Gasteiger charge is -1.93. The second-order valence-electron chi connectivity index (χ2n) is 6.34. The highest BCUT2D eigenvalue weighted by molar-refractivity contribution is 7.29. The van der Waals surface area contributed by atoms with Crippen LogP contribution in [0.1, 0.15) is 0 Å². The number of nitrogens with one attached hydrogen (secondary N) is 2. The van der Waals surface area contributed by atoms with E-state index in [2.05, 4.69) is 22.1 Å². The highest BCUT2D eigenvalue weighted by Gasteiger charge is 2.15. The van der Waals surface area contributed by atoms with Gasteiger partial charge >= 0.3 is 0 Å². The molecule has 0 amide bonds. The Hall–Kier alpha value is -1.98. The van der Waals surface area contributed by atoms with Gasteiger partial charge in [-0.1, -0.05) is 23.2 Å². The highest BCUT2D eigenvalue weighted by Crippen LogP contribution is 2.44. The fourth-order valence-electron chi connectivity index (χ4n) is 3.53. The van der Waals surface area contributed by atoms with E-state index in [-0.39, 0.29) is 0 Å². The summed E-state index contributed by atoms with van der Waals surface area (Å²) in [4.78, 5) is 9.51. The molecule has 2 nitrogen and oxygen atoms in total. The molecule has 0 spiro atoms. The van der Waals surface area contributed by atoms with Crippen LogP contribution in [0.5, 0.6) is 0 Å². The zero-order chi connectivity index (χ0) is 17.4. The molecule has 0 atom stereocenters. The molecule has 0 aliphatic heterocycles. The molecule has 0 fully saturated rings. The third kappa shape index (κ3) is 2.10. The quantitative estimate of drug-likeness (QED) is 0.273. The summed E-state index contributed by atoms with van der Waals surface area (Å²) in [6.07, 6.45) is 0. The number of hydrogen-bond acceptors (Lipinski definition) is 2. The molecule has 0 unspecified atom stereocenters. The van der Waals surface area contributed by atoms with Gasteiger partial charge < -0.3 is 9.97 Å². The molecule has 6 rings (SSSR count). The van der Waals surface area contributed by atoms with E-state index < -0.39 is 0 Å². The maximum Gasteiger partial charge on any atom is 0.0606 e. The normalized spacial score (nSPS) is 12.2. The van der Waals surface area contributed by atoms with Crippen molar-refractivity contribution in [3.63, 3.8) is 0 Å². The SMILES string of the molecule is Clc1ccc2[nH]c3cc(-c4cc5[nH]c6ccc(Cl)cc6c5s4)sc3c2c1. The number of benzene rings is 2. The van der Waals surface area contributed by atoms with E-state index in [0.717, 1.165) is 32.1 Å². The van der Waals surface area contributed by atoms with Gasteiger partial charge in [0.05, 0.1) is 20.4 Å². The Bertz CT molecular complexity index is 1350. The summed E-state index contributed by atoms with van der Waals surface area (Å²) in [5.74, 6) is 0. The van der Waals surface area contributed by atoms with Crippen LogP contribution in [-0.2, 0) is 0 Å². The highest BCUT2D eigenvalue weighted by atomic mass is 35.5. The first-order chi connectivity index (χ1) is 12.7. The average molecular weight is 413 g/mol. The van der Waals surface area contributed by atoms with Crippen LogP contribution in [0.2, 0.25) is 10.0 Å². The van der Waals surface area contributed by atoms with Crippen LogP contribution in [0.3, 0.4) is 0 Å². The van der Waals surface area contributed by atoms with Crippen molar-refractivity contribution in [3.8, 4) is 9.75 Å². The maximum absolute atomic E-state index is 6.18. The standard InChI is InChI=1S/C20H10Cl2N2S2/c21-9-1-3-13-11(5-9)19-15(23-13)7-17(25-19)18-8-16-20(26-18)12-6-10(22)2-4-14(12)24-16/h1-8,23-24H. The molecule has 0 saturated carbocycles. The summed E-state index contributed by atoms with van der Waals surface area (Å²) >= 11 is 16.0. The summed E-state index contributed by atoms with van der Waals surface area (Å²) in [5.41, 5.74) is 4.57. The van der Waals surface area contributed by atoms with Crippen LogP contribution in [0.4, 0.5) is 0 Å². The van der Waals surface area contributed by atoms with Crippen LogP contribution in [-0.4, -0.2) is 9.97 Å². The molecule has 0 saturated heterocycles. The minimum Gasteiger partial charge on any atom is -0.354 e. The van der Waals surface area contributed by atoms with Gasteiger partial charge in [-0.25, -0.2) is 0 Å². The van der Waals surface area contributed by atoms with E-state index >= 15 is 0 Å². The Morgan fingerprint density at radius 3 is 1.50 bits per heavy atom. The molecular formula is C20H10Cl2N2S2. The summed E-state index contributed by atoms with van der Waals surface area (Å²) in [6, 6.07) is 16.4. The van der Waals surface area contributed by atoms with Gasteiger partial charge in [-0.05, 0) is 48.5 Å². The Kier molecular flexibility index (Phi) is 3.06. The van der Waals surface area contributed by atoms with Crippen LogP contribution < -0.4 is 0 Å². The molecule has 2 N–H and O–H groups in total. The molecule has 0 aliphatic carbocycles. The van der Waals surface area contributed by atoms with Gasteiger partial charge in [0.15, 0.2) is 0 Å². The minimum atomic E-state index is 0.765. The Balaban J connectivity index is 1.57. The molecule has 2 aromatic carbocycles. The molecular weight excluding hydrogens is 403 g/mol. The number of fused-ring (bicyclic) bond motifs is 6. The molecule has 0 radical (unpaired) electrons. The lowest BCUT2D eigenvalue weighted by Crippen LogP contribution is -1.69. The summed E-state index contributed by atoms with van der Waals surface area (Å²) in [6.45, 7) is 0. The molecule has 126 valence electrons. The second kappa shape index (κ2) is 5.27. The Morgan fingerprint density at radius 1 is 0.577 bits per heavy atom. The van der Waals surface area contributed by atoms with Crippen LogP contribution in [0.25, 0.3) is 52.0 Å². The topological polar surface area (TPSA) is 31.6 Å². The smallest absolute Gasteiger partial charge is 0.0606 e. The number of halogens is 2. The summed E-state index contributed by atoms with van der Waals surface area (Å²) in [5, 5.41) is 3.90. The van der Waals surface area contributed by atoms with Crippen LogP contribution in [0.15, 0.2) is 48.5 Å². The molecule has 4 heterocycles. The molecule has 6 aromatic rings. The van der Waals surface area contributed by atoms with Crippen molar-refractivity contribution in [2.45, 2.75) is 0 Å². The Labute approximate surface area is 166 Å². The second-order valence-corrected chi connectivity index (χ2v) is 9.31. The Morgan fingerprint density at radius 2 is 1.04 bits per heavy atom. The lowest BCUT2D eigenvalue weighted by atomic mass is 10.2. The van der Waals surface area contributed by atoms with Gasteiger partial charge in [0.25, 0.3) is 0 Å². The average Bonchev–Trinajstić information content (AvgIpc) is 3.33. The van der Waals surface area contributed by atoms with Crippen molar-refractivity contribution < 1.29 is 0 Å². The maximum atomic E-state index is 6.18. The number of rotatable bonds is 1. The molecule has 6 heteroatoms. The van der Waals surface area contributed by atoms with Crippen molar-refractivity contribution in [2.75, 3.05) is 0 Å². The van der Waals surface area contributed by atoms with Crippen molar-refractivity contribution in [1.29, 1.82) is 0 Å². The van der Waals surface area contributed by atoms with Gasteiger partial charge in [-0.3, -0.25) is 0 Å². The molecule has 0 aliphatic rings. The number of thiophene rings is 2. The fourth-order valence-corrected chi connectivity index (χ4v) is 6.23. The van der Waals surface area contributed by atoms with E-state index in [9.17, 15) is 0 Å². The third-order valence-corrected chi connectivity index (χ3v) is 7.70. The first-order valence-electron chi connectivity index (χ1n) is 8.08. The number of H-pyrrole nitrogens is 2. The zero-order valence-electron chi connectivity index (χ0n) is 13.2. The summed E-state index contributed by atoms with van der Waals surface area (Å²) < 4.78 is 2.50. The van der Waals surface area contributed by atoms with Gasteiger partial charge in [-0.15, -0.1) is 22.7 Å². The zero-order valence-corrected chi connectivity index (χ0v) is 16.3. The van der Waals surface area contributed by atoms with E-state index in [1.807, 2.05) is 36.4 Å². The van der Waals surface area contributed by atoms with E-state index in [1.165, 1.54) is 29.9 Å². The lowest BCUT2D eigenvalue weighted by molar-refractivity contribution is 1.55. The van der Waals surface area contributed by atoms with Gasteiger partial charge in [0, 0.05) is 41.6 Å². The number of aromatic amines is 2. The third-order valence-electron chi connectivity index (χ3n) is 4.70. The van der Waals surface area contributed by atoms with E-state index in [1.54, 1.807) is 22.7 Å². The first-order valence-corrected chi connectivity index (χ1v) is 10.5. The number of hydrogen-bond donors (Lipinski definition) is 2. The van der Waals surface area contributed by atoms with Crippen molar-refractivity contribution in [2.24, 2.45) is 0 Å². The van der Waals surface area contributed by atoms with E-state index in [0.29, 0.717) is 0 Å². The van der Waals surface area contributed by atoms with Gasteiger partial charge in [0.2, 0.25) is 0 Å². The molecule has 4 aromatic heterocycles. The van der Waals surface area contributed by atoms with Crippen molar-refractivity contribution in [3.05, 3.63) is 58.6 Å². The predicted molar refractivity (Wildman–Crippen MR) is 116 cm³/mol. The molecule has 26 heavy (non-hydrogen) atoms. The predicted octanol–water partition coefficient (Wildman–Crippen LogP) is 8.05. The van der Waals surface area contributed by atoms with Crippen LogP contribution >= 0.6 is 45.9 Å². The van der Waals surface area contributed by atoms with E-state index in [4.69, 9.17) is 23.2 Å². The van der Waals surface area contributed by atoms with Crippen LogP contribution in [0, 0.1) is 0 Å². The summed E-state index contributed by atoms with van der Waals surface area (Å²) in [7, 11) is 0. The number of aromatic nitrogens is 2. The fraction of sp³-hybridized carbons (Fsp3) is 0. The molecule has 0 bridgehead atoms. The first kappa shape index (κ1) is 15.1. The minimum absolute atomic E-state index is 0.765.